The predicted octanol–water partition coefficient (Wildman–Crippen LogP) is 3.15. The van der Waals surface area contributed by atoms with Crippen LogP contribution in [-0.4, -0.2) is 32.7 Å². The summed E-state index contributed by atoms with van der Waals surface area (Å²) in [6.45, 7) is 2.54. The van der Waals surface area contributed by atoms with Crippen LogP contribution < -0.4 is 0 Å². The maximum Gasteiger partial charge on any atom is 0.125 e. The van der Waals surface area contributed by atoms with Gasteiger partial charge in [0, 0.05) is 61.2 Å². The summed E-state index contributed by atoms with van der Waals surface area (Å²) in [5.74, 6) is 1.58. The molecule has 3 aromatic heterocycles. The van der Waals surface area contributed by atoms with Crippen molar-refractivity contribution in [3.63, 3.8) is 0 Å². The molecule has 1 saturated heterocycles. The number of hydrogen-bond acceptors (Lipinski definition) is 5. The Balaban J connectivity index is 1.44. The topological polar surface area (TPSA) is 52.8 Å². The Bertz CT molecular complexity index is 762. The zero-order valence-electron chi connectivity index (χ0n) is 12.8. The number of thiazole rings is 1. The van der Waals surface area contributed by atoms with E-state index in [0.717, 1.165) is 54.7 Å². The highest BCUT2D eigenvalue weighted by atomic mass is 32.1. The summed E-state index contributed by atoms with van der Waals surface area (Å²) in [7, 11) is 0. The molecule has 0 saturated carbocycles. The van der Waals surface area contributed by atoms with E-state index in [-0.39, 0.29) is 0 Å². The van der Waals surface area contributed by atoms with Crippen LogP contribution in [0.3, 0.4) is 0 Å². The molecule has 0 radical (unpaired) electrons. The summed E-state index contributed by atoms with van der Waals surface area (Å²) in [6.07, 6.45) is 9.56. The minimum Gasteiger partial charge on any atom is -0.381 e. The Morgan fingerprint density at radius 1 is 1.35 bits per heavy atom. The second kappa shape index (κ2) is 6.60. The largest absolute Gasteiger partial charge is 0.381 e. The lowest BCUT2D eigenvalue weighted by Gasteiger charge is -2.11. The molecule has 1 atom stereocenters. The quantitative estimate of drug-likeness (QED) is 0.723. The van der Waals surface area contributed by atoms with Gasteiger partial charge in [0.05, 0.1) is 12.3 Å². The summed E-state index contributed by atoms with van der Waals surface area (Å²) in [4.78, 5) is 13.4. The molecular formula is C17H18N4OS. The van der Waals surface area contributed by atoms with E-state index in [1.54, 1.807) is 17.5 Å². The number of nitrogens with zero attached hydrogens (tertiary/aromatic N) is 4. The number of imidazole rings is 1. The molecule has 0 N–H and O–H groups in total. The molecule has 0 spiro atoms. The molecule has 1 fully saturated rings. The van der Waals surface area contributed by atoms with Crippen LogP contribution >= 0.6 is 11.3 Å². The molecular weight excluding hydrogens is 308 g/mol. The highest BCUT2D eigenvalue weighted by Gasteiger charge is 2.22. The fourth-order valence-electron chi connectivity index (χ4n) is 2.89. The smallest absolute Gasteiger partial charge is 0.125 e. The monoisotopic (exact) mass is 326 g/mol. The molecule has 0 aliphatic carbocycles. The van der Waals surface area contributed by atoms with Gasteiger partial charge in [0.1, 0.15) is 10.8 Å². The van der Waals surface area contributed by atoms with Crippen molar-refractivity contribution in [3.8, 4) is 10.6 Å². The fourth-order valence-corrected chi connectivity index (χ4v) is 3.73. The summed E-state index contributed by atoms with van der Waals surface area (Å²) < 4.78 is 7.72. The van der Waals surface area contributed by atoms with Crippen LogP contribution in [0.1, 0.15) is 23.9 Å². The molecule has 6 heteroatoms. The van der Waals surface area contributed by atoms with Gasteiger partial charge in [-0.25, -0.2) is 9.97 Å². The van der Waals surface area contributed by atoms with Gasteiger partial charge in [-0.3, -0.25) is 4.98 Å². The molecule has 5 nitrogen and oxygen atoms in total. The van der Waals surface area contributed by atoms with Crippen LogP contribution in [0.2, 0.25) is 0 Å². The molecule has 118 valence electrons. The number of rotatable bonds is 5. The molecule has 0 amide bonds. The summed E-state index contributed by atoms with van der Waals surface area (Å²) >= 11 is 1.67. The van der Waals surface area contributed by atoms with Crippen molar-refractivity contribution < 1.29 is 4.74 Å². The number of ether oxygens (including phenoxy) is 1. The van der Waals surface area contributed by atoms with Crippen molar-refractivity contribution >= 4 is 11.3 Å². The normalized spacial score (nSPS) is 17.7. The van der Waals surface area contributed by atoms with Gasteiger partial charge in [0.2, 0.25) is 0 Å². The predicted molar refractivity (Wildman–Crippen MR) is 89.5 cm³/mol. The van der Waals surface area contributed by atoms with E-state index in [1.165, 1.54) is 0 Å². The number of pyridine rings is 1. The molecule has 1 aliphatic rings. The number of aromatic nitrogens is 4. The molecule has 23 heavy (non-hydrogen) atoms. The zero-order valence-corrected chi connectivity index (χ0v) is 13.6. The van der Waals surface area contributed by atoms with Gasteiger partial charge in [0.15, 0.2) is 0 Å². The lowest BCUT2D eigenvalue weighted by molar-refractivity contribution is 0.192. The van der Waals surface area contributed by atoms with Gasteiger partial charge in [-0.15, -0.1) is 11.3 Å². The molecule has 4 heterocycles. The van der Waals surface area contributed by atoms with Crippen LogP contribution in [0.4, 0.5) is 0 Å². The number of hydrogen-bond donors (Lipinski definition) is 0. The van der Waals surface area contributed by atoms with E-state index in [4.69, 9.17) is 9.72 Å². The van der Waals surface area contributed by atoms with Crippen molar-refractivity contribution in [2.75, 3.05) is 13.2 Å². The fraction of sp³-hybridized carbons (Fsp3) is 0.353. The molecule has 0 unspecified atom stereocenters. The van der Waals surface area contributed by atoms with E-state index < -0.39 is 0 Å². The van der Waals surface area contributed by atoms with E-state index in [2.05, 4.69) is 26.1 Å². The first-order valence-corrected chi connectivity index (χ1v) is 8.72. The third-order valence-electron chi connectivity index (χ3n) is 4.11. The molecule has 1 aliphatic heterocycles. The minimum atomic E-state index is 0.436. The first kappa shape index (κ1) is 14.5. The van der Waals surface area contributed by atoms with Gasteiger partial charge in [-0.1, -0.05) is 0 Å². The van der Waals surface area contributed by atoms with Crippen LogP contribution in [0.15, 0.2) is 42.3 Å². The Morgan fingerprint density at radius 3 is 3.17 bits per heavy atom. The Kier molecular flexibility index (Phi) is 4.17. The maximum atomic E-state index is 5.48. The average Bonchev–Trinajstić information content (AvgIpc) is 3.33. The second-order valence-corrected chi connectivity index (χ2v) is 6.53. The van der Waals surface area contributed by atoms with Gasteiger partial charge < -0.3 is 9.30 Å². The highest BCUT2D eigenvalue weighted by Crippen LogP contribution is 2.25. The van der Waals surface area contributed by atoms with Crippen molar-refractivity contribution in [1.82, 2.24) is 19.5 Å². The van der Waals surface area contributed by atoms with Crippen molar-refractivity contribution in [1.29, 1.82) is 0 Å². The highest BCUT2D eigenvalue weighted by molar-refractivity contribution is 7.13. The van der Waals surface area contributed by atoms with Crippen molar-refractivity contribution in [2.45, 2.75) is 25.3 Å². The van der Waals surface area contributed by atoms with Crippen LogP contribution in [-0.2, 0) is 17.7 Å². The SMILES string of the molecule is c1cncc(-c2nc(CCn3ccnc3[C@H]3CCOC3)cs2)c1. The van der Waals surface area contributed by atoms with Crippen LogP contribution in [0.25, 0.3) is 10.6 Å². The summed E-state index contributed by atoms with van der Waals surface area (Å²) in [5.41, 5.74) is 2.20. The Hall–Kier alpha value is -2.05. The standard InChI is InChI=1S/C17H18N4OS/c1-2-13(10-18-5-1)17-20-15(12-23-17)3-7-21-8-6-19-16(21)14-4-9-22-11-14/h1-2,5-6,8,10,12,14H,3-4,7,9,11H2/t14-/m0/s1. The first-order valence-electron chi connectivity index (χ1n) is 7.84. The Labute approximate surface area is 139 Å². The first-order chi connectivity index (χ1) is 11.4. The lowest BCUT2D eigenvalue weighted by Crippen LogP contribution is -2.10. The van der Waals surface area contributed by atoms with E-state index in [1.807, 2.05) is 24.5 Å². The van der Waals surface area contributed by atoms with Crippen LogP contribution in [0, 0.1) is 0 Å². The zero-order chi connectivity index (χ0) is 15.5. The van der Waals surface area contributed by atoms with Crippen LogP contribution in [0.5, 0.6) is 0 Å². The van der Waals surface area contributed by atoms with E-state index in [9.17, 15) is 0 Å². The summed E-state index contributed by atoms with van der Waals surface area (Å²) in [5, 5.41) is 3.17. The lowest BCUT2D eigenvalue weighted by atomic mass is 10.1. The van der Waals surface area contributed by atoms with Gasteiger partial charge in [0.25, 0.3) is 0 Å². The minimum absolute atomic E-state index is 0.436. The van der Waals surface area contributed by atoms with E-state index >= 15 is 0 Å². The maximum absolute atomic E-state index is 5.48. The molecule has 3 aromatic rings. The average molecular weight is 326 g/mol. The summed E-state index contributed by atoms with van der Waals surface area (Å²) in [6, 6.07) is 3.99. The van der Waals surface area contributed by atoms with Gasteiger partial charge >= 0.3 is 0 Å². The van der Waals surface area contributed by atoms with Crippen molar-refractivity contribution in [2.24, 2.45) is 0 Å². The molecule has 0 aromatic carbocycles. The molecule has 0 bridgehead atoms. The Morgan fingerprint density at radius 2 is 2.35 bits per heavy atom. The van der Waals surface area contributed by atoms with Gasteiger partial charge in [-0.05, 0) is 18.6 Å². The number of aryl methyl sites for hydroxylation is 2. The van der Waals surface area contributed by atoms with Gasteiger partial charge in [-0.2, -0.15) is 0 Å². The second-order valence-electron chi connectivity index (χ2n) is 5.68. The third-order valence-corrected chi connectivity index (χ3v) is 5.05. The van der Waals surface area contributed by atoms with Crippen molar-refractivity contribution in [3.05, 3.63) is 53.8 Å². The third kappa shape index (κ3) is 3.18. The molecule has 4 rings (SSSR count). The van der Waals surface area contributed by atoms with E-state index in [0.29, 0.717) is 5.92 Å².